The van der Waals surface area contributed by atoms with Crippen LogP contribution in [0.3, 0.4) is 0 Å². The molecule has 0 amide bonds. The van der Waals surface area contributed by atoms with Gasteiger partial charge in [0.05, 0.1) is 11.3 Å². The van der Waals surface area contributed by atoms with Gasteiger partial charge in [0.25, 0.3) is 5.56 Å². The maximum absolute atomic E-state index is 14.6. The normalized spacial score (nSPS) is 11.2. The lowest BCUT2D eigenvalue weighted by molar-refractivity contribution is 0.427. The third-order valence-electron chi connectivity index (χ3n) is 3.99. The highest BCUT2D eigenvalue weighted by Gasteiger charge is 2.21. The molecule has 2 aromatic carbocycles. The van der Waals surface area contributed by atoms with Crippen molar-refractivity contribution >= 4 is 26.8 Å². The molecule has 0 aliphatic heterocycles. The predicted molar refractivity (Wildman–Crippen MR) is 97.9 cm³/mol. The first-order chi connectivity index (χ1) is 12.0. The summed E-state index contributed by atoms with van der Waals surface area (Å²) in [5.41, 5.74) is 1.98. The fourth-order valence-corrected chi connectivity index (χ4v) is 3.29. The number of rotatable bonds is 2. The highest BCUT2D eigenvalue weighted by molar-refractivity contribution is 9.10. The molecule has 124 valence electrons. The van der Waals surface area contributed by atoms with Crippen LogP contribution in [-0.2, 0) is 0 Å². The van der Waals surface area contributed by atoms with Crippen molar-refractivity contribution in [3.05, 3.63) is 74.9 Å². The smallest absolute Gasteiger partial charge is 0.260 e. The second-order valence-corrected chi connectivity index (χ2v) is 6.62. The minimum Gasteiger partial charge on any atom is -0.356 e. The number of aromatic nitrogens is 2. The average molecular weight is 399 g/mol. The van der Waals surface area contributed by atoms with Gasteiger partial charge in [-0.3, -0.25) is 4.79 Å². The van der Waals surface area contributed by atoms with Gasteiger partial charge in [-0.05, 0) is 31.2 Å². The van der Waals surface area contributed by atoms with E-state index in [1.165, 1.54) is 6.07 Å². The Labute approximate surface area is 150 Å². The van der Waals surface area contributed by atoms with Crippen LogP contribution in [0.15, 0.2) is 62.3 Å². The molecule has 0 atom stereocenters. The van der Waals surface area contributed by atoms with E-state index in [9.17, 15) is 9.18 Å². The lowest BCUT2D eigenvalue weighted by atomic mass is 9.94. The van der Waals surface area contributed by atoms with Gasteiger partial charge in [0.1, 0.15) is 5.82 Å². The monoisotopic (exact) mass is 398 g/mol. The molecular formula is C19H12BrFN2O2. The minimum absolute atomic E-state index is 0.260. The summed E-state index contributed by atoms with van der Waals surface area (Å²) in [6, 6.07) is 13.5. The number of halogens is 2. The fourth-order valence-electron chi connectivity index (χ4n) is 2.93. The number of aryl methyl sites for hydroxylation is 1. The number of aromatic amines is 1. The van der Waals surface area contributed by atoms with Gasteiger partial charge >= 0.3 is 0 Å². The Morgan fingerprint density at radius 2 is 1.92 bits per heavy atom. The van der Waals surface area contributed by atoms with Crippen LogP contribution in [0.5, 0.6) is 0 Å². The first-order valence-electron chi connectivity index (χ1n) is 7.59. The Hall–Kier alpha value is -2.73. The van der Waals surface area contributed by atoms with Crippen LogP contribution in [0.1, 0.15) is 5.69 Å². The Bertz CT molecular complexity index is 1160. The molecule has 0 aliphatic carbocycles. The van der Waals surface area contributed by atoms with E-state index in [1.54, 1.807) is 37.3 Å². The van der Waals surface area contributed by atoms with E-state index < -0.39 is 5.82 Å². The Morgan fingerprint density at radius 3 is 2.64 bits per heavy atom. The average Bonchev–Trinajstić information content (AvgIpc) is 3.01. The highest BCUT2D eigenvalue weighted by Crippen LogP contribution is 2.37. The summed E-state index contributed by atoms with van der Waals surface area (Å²) in [6.07, 6.45) is 0. The third-order valence-corrected chi connectivity index (χ3v) is 4.49. The van der Waals surface area contributed by atoms with Gasteiger partial charge in [0.15, 0.2) is 5.76 Å². The zero-order valence-electron chi connectivity index (χ0n) is 13.1. The molecule has 0 aliphatic rings. The number of nitrogens with one attached hydrogen (secondary N) is 1. The summed E-state index contributed by atoms with van der Waals surface area (Å²) in [4.78, 5) is 15.6. The van der Waals surface area contributed by atoms with Crippen molar-refractivity contribution in [2.24, 2.45) is 0 Å². The number of nitrogens with zero attached hydrogens (tertiary/aromatic N) is 1. The summed E-state index contributed by atoms with van der Waals surface area (Å²) >= 11 is 3.44. The van der Waals surface area contributed by atoms with Crippen LogP contribution < -0.4 is 5.56 Å². The first kappa shape index (κ1) is 15.8. The molecule has 1 N–H and O–H groups in total. The second kappa shape index (κ2) is 5.97. The maximum Gasteiger partial charge on any atom is 0.260 e. The summed E-state index contributed by atoms with van der Waals surface area (Å²) < 4.78 is 20.7. The van der Waals surface area contributed by atoms with Crippen molar-refractivity contribution < 1.29 is 8.91 Å². The van der Waals surface area contributed by atoms with Crippen molar-refractivity contribution in [2.45, 2.75) is 6.92 Å². The van der Waals surface area contributed by atoms with Crippen LogP contribution in [-0.4, -0.2) is 10.1 Å². The molecule has 0 bridgehead atoms. The lowest BCUT2D eigenvalue weighted by Crippen LogP contribution is -2.11. The molecule has 0 fully saturated rings. The molecule has 25 heavy (non-hydrogen) atoms. The lowest BCUT2D eigenvalue weighted by Gasteiger charge is -2.12. The summed E-state index contributed by atoms with van der Waals surface area (Å²) in [6.45, 7) is 1.77. The van der Waals surface area contributed by atoms with Crippen molar-refractivity contribution in [1.82, 2.24) is 10.1 Å². The molecule has 0 saturated heterocycles. The number of hydrogen-bond donors (Lipinski definition) is 1. The van der Waals surface area contributed by atoms with Gasteiger partial charge in [-0.1, -0.05) is 39.3 Å². The zero-order chi connectivity index (χ0) is 17.6. The minimum atomic E-state index is -0.410. The van der Waals surface area contributed by atoms with Crippen molar-refractivity contribution in [3.8, 4) is 22.5 Å². The largest absolute Gasteiger partial charge is 0.356 e. The van der Waals surface area contributed by atoms with Crippen LogP contribution in [0.2, 0.25) is 0 Å². The number of H-pyrrole nitrogens is 1. The van der Waals surface area contributed by atoms with E-state index in [2.05, 4.69) is 26.1 Å². The van der Waals surface area contributed by atoms with Crippen LogP contribution in [0.4, 0.5) is 4.39 Å². The van der Waals surface area contributed by atoms with E-state index in [4.69, 9.17) is 4.52 Å². The predicted octanol–water partition coefficient (Wildman–Crippen LogP) is 5.06. The van der Waals surface area contributed by atoms with Gasteiger partial charge in [-0.25, -0.2) is 4.39 Å². The fraction of sp³-hybridized carbons (Fsp3) is 0.0526. The van der Waals surface area contributed by atoms with E-state index in [-0.39, 0.29) is 11.1 Å². The van der Waals surface area contributed by atoms with Gasteiger partial charge in [-0.2, -0.15) is 0 Å². The SMILES string of the molecule is Cc1cc(-c2c(-c3ccccc3F)c3cc(Br)ccc3[nH]c2=O)on1. The quantitative estimate of drug-likeness (QED) is 0.513. The maximum atomic E-state index is 14.6. The molecule has 6 heteroatoms. The molecule has 4 rings (SSSR count). The molecule has 0 radical (unpaired) electrons. The van der Waals surface area contributed by atoms with Gasteiger partial charge in [-0.15, -0.1) is 0 Å². The third kappa shape index (κ3) is 2.68. The molecular weight excluding hydrogens is 387 g/mol. The summed E-state index contributed by atoms with van der Waals surface area (Å²) in [5, 5.41) is 4.57. The van der Waals surface area contributed by atoms with E-state index in [1.807, 2.05) is 12.1 Å². The first-order valence-corrected chi connectivity index (χ1v) is 8.38. The number of benzene rings is 2. The molecule has 0 saturated carbocycles. The van der Waals surface area contributed by atoms with E-state index in [0.29, 0.717) is 33.5 Å². The van der Waals surface area contributed by atoms with Gasteiger partial charge < -0.3 is 9.51 Å². The number of fused-ring (bicyclic) bond motifs is 1. The molecule has 0 spiro atoms. The Morgan fingerprint density at radius 1 is 1.12 bits per heavy atom. The van der Waals surface area contributed by atoms with Crippen LogP contribution in [0, 0.1) is 12.7 Å². The van der Waals surface area contributed by atoms with Crippen molar-refractivity contribution in [1.29, 1.82) is 0 Å². The standard InChI is InChI=1S/C19H12BrFN2O2/c1-10-8-16(25-23-10)18-17(12-4-2-3-5-14(12)21)13-9-11(20)6-7-15(13)22-19(18)24/h2-9H,1H3,(H,22,24). The summed E-state index contributed by atoms with van der Waals surface area (Å²) in [5.74, 6) is -0.106. The summed E-state index contributed by atoms with van der Waals surface area (Å²) in [7, 11) is 0. The molecule has 2 heterocycles. The van der Waals surface area contributed by atoms with Gasteiger partial charge in [0.2, 0.25) is 0 Å². The molecule has 0 unspecified atom stereocenters. The van der Waals surface area contributed by atoms with E-state index >= 15 is 0 Å². The molecule has 4 aromatic rings. The van der Waals surface area contributed by atoms with Crippen molar-refractivity contribution in [3.63, 3.8) is 0 Å². The topological polar surface area (TPSA) is 58.9 Å². The Balaban J connectivity index is 2.21. The zero-order valence-corrected chi connectivity index (χ0v) is 14.7. The van der Waals surface area contributed by atoms with Crippen LogP contribution in [0.25, 0.3) is 33.4 Å². The number of hydrogen-bond acceptors (Lipinski definition) is 3. The molecule has 2 aromatic heterocycles. The van der Waals surface area contributed by atoms with E-state index in [0.717, 1.165) is 4.47 Å². The van der Waals surface area contributed by atoms with Crippen LogP contribution >= 0.6 is 15.9 Å². The van der Waals surface area contributed by atoms with Gasteiger partial charge in [0, 0.05) is 32.6 Å². The number of pyridine rings is 1. The highest BCUT2D eigenvalue weighted by atomic mass is 79.9. The van der Waals surface area contributed by atoms with Crippen molar-refractivity contribution in [2.75, 3.05) is 0 Å². The second-order valence-electron chi connectivity index (χ2n) is 5.71. The Kier molecular flexibility index (Phi) is 3.77. The molecule has 4 nitrogen and oxygen atoms in total.